The molecule has 3 aromatic carbocycles. The zero-order valence-corrected chi connectivity index (χ0v) is 22.1. The van der Waals surface area contributed by atoms with Crippen LogP contribution in [0.15, 0.2) is 72.8 Å². The van der Waals surface area contributed by atoms with E-state index in [1.165, 1.54) is 37.4 Å². The van der Waals surface area contributed by atoms with Crippen molar-refractivity contribution in [2.75, 3.05) is 17.7 Å². The summed E-state index contributed by atoms with van der Waals surface area (Å²) in [4.78, 5) is 49.6. The van der Waals surface area contributed by atoms with Crippen molar-refractivity contribution in [2.24, 2.45) is 0 Å². The quantitative estimate of drug-likeness (QED) is 0.312. The molecule has 0 aliphatic carbocycles. The molecule has 0 fully saturated rings. The highest BCUT2D eigenvalue weighted by atomic mass is 16.6. The van der Waals surface area contributed by atoms with Gasteiger partial charge >= 0.3 is 12.1 Å². The molecule has 3 amide bonds. The Labute approximate surface area is 226 Å². The fraction of sp³-hybridized carbons (Fsp3) is 0.241. The number of carbonyl (C=O) groups is 4. The van der Waals surface area contributed by atoms with Crippen molar-refractivity contribution in [3.63, 3.8) is 0 Å². The zero-order valence-electron chi connectivity index (χ0n) is 22.1. The molecule has 0 aromatic heterocycles. The lowest BCUT2D eigenvalue weighted by molar-refractivity contribution is -0.142. The first-order valence-corrected chi connectivity index (χ1v) is 12.1. The summed E-state index contributed by atoms with van der Waals surface area (Å²) in [5.41, 5.74) is 1.10. The van der Waals surface area contributed by atoms with Crippen LogP contribution in [0.1, 0.15) is 47.1 Å². The standard InChI is InChI=1S/C29H31N3O7/c1-29(2,3)39-28(37)31-20-12-10-19(11-13-20)25(34)30-21-14-15-22(24(33)17-21)26(35)32-23(27(36)38-4)16-18-8-6-5-7-9-18/h5-15,17,23,33H,16H2,1-4H3,(H,30,34)(H,31,37)(H,32,35)/t23-/m0/s1. The van der Waals surface area contributed by atoms with Gasteiger partial charge in [0.25, 0.3) is 11.8 Å². The van der Waals surface area contributed by atoms with Crippen LogP contribution in [0, 0.1) is 0 Å². The predicted molar refractivity (Wildman–Crippen MR) is 146 cm³/mol. The number of hydrogen-bond donors (Lipinski definition) is 4. The van der Waals surface area contributed by atoms with Crippen LogP contribution in [0.25, 0.3) is 0 Å². The normalized spacial score (nSPS) is 11.6. The monoisotopic (exact) mass is 533 g/mol. The Morgan fingerprint density at radius 2 is 1.49 bits per heavy atom. The zero-order chi connectivity index (χ0) is 28.6. The molecular weight excluding hydrogens is 502 g/mol. The van der Waals surface area contributed by atoms with Gasteiger partial charge in [0, 0.05) is 29.4 Å². The van der Waals surface area contributed by atoms with Gasteiger partial charge < -0.3 is 25.2 Å². The lowest BCUT2D eigenvalue weighted by Gasteiger charge is -2.19. The van der Waals surface area contributed by atoms with E-state index in [-0.39, 0.29) is 23.4 Å². The van der Waals surface area contributed by atoms with Crippen LogP contribution in [0.3, 0.4) is 0 Å². The molecule has 39 heavy (non-hydrogen) atoms. The van der Waals surface area contributed by atoms with Crippen molar-refractivity contribution in [1.29, 1.82) is 0 Å². The second-order valence-electron chi connectivity index (χ2n) is 9.63. The van der Waals surface area contributed by atoms with E-state index in [9.17, 15) is 24.3 Å². The number of phenols is 1. The molecule has 0 aliphatic heterocycles. The minimum absolute atomic E-state index is 0.0764. The lowest BCUT2D eigenvalue weighted by atomic mass is 10.1. The molecule has 0 saturated heterocycles. The number of aromatic hydroxyl groups is 1. The van der Waals surface area contributed by atoms with Gasteiger partial charge in [-0.2, -0.15) is 0 Å². The molecule has 0 unspecified atom stereocenters. The summed E-state index contributed by atoms with van der Waals surface area (Å²) < 4.78 is 10.0. The van der Waals surface area contributed by atoms with Gasteiger partial charge in [0.05, 0.1) is 12.7 Å². The smallest absolute Gasteiger partial charge is 0.412 e. The van der Waals surface area contributed by atoms with Crippen LogP contribution < -0.4 is 16.0 Å². The van der Waals surface area contributed by atoms with E-state index in [1.807, 2.05) is 30.3 Å². The van der Waals surface area contributed by atoms with Crippen molar-refractivity contribution < 1.29 is 33.8 Å². The Hall–Kier alpha value is -4.86. The van der Waals surface area contributed by atoms with Gasteiger partial charge in [-0.15, -0.1) is 0 Å². The van der Waals surface area contributed by atoms with Crippen molar-refractivity contribution >= 4 is 35.3 Å². The number of methoxy groups -OCH3 is 1. The van der Waals surface area contributed by atoms with Gasteiger partial charge in [-0.05, 0) is 62.7 Å². The maximum Gasteiger partial charge on any atom is 0.412 e. The molecule has 0 bridgehead atoms. The van der Waals surface area contributed by atoms with Crippen LogP contribution >= 0.6 is 0 Å². The fourth-order valence-corrected chi connectivity index (χ4v) is 3.55. The Morgan fingerprint density at radius 3 is 2.08 bits per heavy atom. The summed E-state index contributed by atoms with van der Waals surface area (Å²) in [5.74, 6) is -2.15. The predicted octanol–water partition coefficient (Wildman–Crippen LogP) is 4.51. The van der Waals surface area contributed by atoms with Crippen LogP contribution in [0.5, 0.6) is 5.75 Å². The van der Waals surface area contributed by atoms with E-state index in [0.717, 1.165) is 5.56 Å². The van der Waals surface area contributed by atoms with Gasteiger partial charge in [0.15, 0.2) is 0 Å². The maximum absolute atomic E-state index is 12.8. The fourth-order valence-electron chi connectivity index (χ4n) is 3.55. The molecule has 204 valence electrons. The molecule has 0 heterocycles. The number of amides is 3. The van der Waals surface area contributed by atoms with Gasteiger partial charge in [-0.1, -0.05) is 30.3 Å². The first kappa shape index (κ1) is 28.7. The molecule has 3 rings (SSSR count). The van der Waals surface area contributed by atoms with Gasteiger partial charge in [0.2, 0.25) is 0 Å². The van der Waals surface area contributed by atoms with Crippen molar-refractivity contribution in [1.82, 2.24) is 5.32 Å². The second-order valence-corrected chi connectivity index (χ2v) is 9.63. The summed E-state index contributed by atoms with van der Waals surface area (Å²) in [6.07, 6.45) is -0.405. The highest BCUT2D eigenvalue weighted by molar-refractivity contribution is 6.05. The molecule has 10 heteroatoms. The second kappa shape index (κ2) is 12.6. The first-order valence-electron chi connectivity index (χ1n) is 12.1. The molecule has 3 aromatic rings. The number of hydrogen-bond acceptors (Lipinski definition) is 7. The third-order valence-electron chi connectivity index (χ3n) is 5.37. The van der Waals surface area contributed by atoms with E-state index < -0.39 is 35.5 Å². The van der Waals surface area contributed by atoms with E-state index >= 15 is 0 Å². The van der Waals surface area contributed by atoms with Crippen LogP contribution in [0.4, 0.5) is 16.2 Å². The molecule has 0 saturated carbocycles. The van der Waals surface area contributed by atoms with Crippen LogP contribution in [-0.4, -0.2) is 47.7 Å². The third-order valence-corrected chi connectivity index (χ3v) is 5.37. The molecular formula is C29H31N3O7. The van der Waals surface area contributed by atoms with Gasteiger partial charge in [-0.25, -0.2) is 9.59 Å². The topological polar surface area (TPSA) is 143 Å². The van der Waals surface area contributed by atoms with Crippen molar-refractivity contribution in [2.45, 2.75) is 38.8 Å². The van der Waals surface area contributed by atoms with Crippen LogP contribution in [-0.2, 0) is 20.7 Å². The Bertz CT molecular complexity index is 1330. The Morgan fingerprint density at radius 1 is 0.846 bits per heavy atom. The minimum Gasteiger partial charge on any atom is -0.507 e. The summed E-state index contributed by atoms with van der Waals surface area (Å²) in [6.45, 7) is 5.26. The largest absolute Gasteiger partial charge is 0.507 e. The van der Waals surface area contributed by atoms with E-state index in [4.69, 9.17) is 9.47 Å². The number of phenolic OH excluding ortho intramolecular Hbond substituents is 1. The third kappa shape index (κ3) is 8.60. The van der Waals surface area contributed by atoms with Crippen molar-refractivity contribution in [3.8, 4) is 5.75 Å². The number of nitrogens with one attached hydrogen (secondary N) is 3. The summed E-state index contributed by atoms with van der Waals surface area (Å²) in [7, 11) is 1.23. The molecule has 1 atom stereocenters. The number of carbonyl (C=O) groups excluding carboxylic acids is 4. The highest BCUT2D eigenvalue weighted by Crippen LogP contribution is 2.23. The number of anilines is 2. The summed E-state index contributed by atoms with van der Waals surface area (Å²) >= 11 is 0. The number of rotatable bonds is 8. The lowest BCUT2D eigenvalue weighted by Crippen LogP contribution is -2.43. The van der Waals surface area contributed by atoms with E-state index in [1.54, 1.807) is 32.9 Å². The average molecular weight is 534 g/mol. The van der Waals surface area contributed by atoms with Gasteiger partial charge in [-0.3, -0.25) is 14.9 Å². The van der Waals surface area contributed by atoms with Crippen molar-refractivity contribution in [3.05, 3.63) is 89.5 Å². The Kier molecular flexibility index (Phi) is 9.27. The highest BCUT2D eigenvalue weighted by Gasteiger charge is 2.24. The SMILES string of the molecule is COC(=O)[C@H](Cc1ccccc1)NC(=O)c1ccc(NC(=O)c2ccc(NC(=O)OC(C)(C)C)cc2)cc1O. The summed E-state index contributed by atoms with van der Waals surface area (Å²) in [5, 5.41) is 18.3. The van der Waals surface area contributed by atoms with Gasteiger partial charge in [0.1, 0.15) is 17.4 Å². The minimum atomic E-state index is -0.962. The molecule has 0 aliphatic rings. The summed E-state index contributed by atoms with van der Waals surface area (Å²) in [6, 6.07) is 18.3. The van der Waals surface area contributed by atoms with Crippen LogP contribution in [0.2, 0.25) is 0 Å². The maximum atomic E-state index is 12.8. The van der Waals surface area contributed by atoms with E-state index in [0.29, 0.717) is 11.3 Å². The van der Waals surface area contributed by atoms with E-state index in [2.05, 4.69) is 16.0 Å². The molecule has 10 nitrogen and oxygen atoms in total. The number of ether oxygens (including phenoxy) is 2. The number of esters is 1. The molecule has 0 spiro atoms. The molecule has 0 radical (unpaired) electrons. The number of benzene rings is 3. The average Bonchev–Trinajstić information content (AvgIpc) is 2.87. The molecule has 4 N–H and O–H groups in total. The first-order chi connectivity index (χ1) is 18.4. The Balaban J connectivity index is 1.63.